The zero-order valence-corrected chi connectivity index (χ0v) is 15.2. The molecule has 2 aromatic carbocycles. The lowest BCUT2D eigenvalue weighted by molar-refractivity contribution is -0.0592. The molecule has 2 heterocycles. The Hall–Kier alpha value is -3.67. The number of carbonyl (C=O) groups is 3. The molecule has 2 amide bonds. The zero-order valence-electron chi connectivity index (χ0n) is 15.2. The number of amides is 2. The largest absolute Gasteiger partial charge is 0.380 e. The second-order valence-corrected chi connectivity index (χ2v) is 6.67. The van der Waals surface area contributed by atoms with Gasteiger partial charge in [-0.05, 0) is 43.2 Å². The predicted molar refractivity (Wildman–Crippen MR) is 102 cm³/mol. The van der Waals surface area contributed by atoms with Crippen LogP contribution in [0, 0.1) is 0 Å². The number of nitrogens with zero attached hydrogens (tertiary/aromatic N) is 2. The highest BCUT2D eigenvalue weighted by molar-refractivity contribution is 6.21. The molecule has 6 heteroatoms. The molecule has 0 saturated carbocycles. The lowest BCUT2D eigenvalue weighted by atomic mass is 10.1. The Bertz CT molecular complexity index is 1020. The van der Waals surface area contributed by atoms with Gasteiger partial charge in [-0.25, -0.2) is 4.79 Å². The Balaban J connectivity index is 1.52. The normalized spacial score (nSPS) is 14.1. The highest BCUT2D eigenvalue weighted by Gasteiger charge is 2.39. The van der Waals surface area contributed by atoms with E-state index in [-0.39, 0.29) is 22.9 Å². The average molecular weight is 374 g/mol. The Labute approximate surface area is 161 Å². The van der Waals surface area contributed by atoms with Crippen LogP contribution in [-0.2, 0) is 11.3 Å². The van der Waals surface area contributed by atoms with Crippen molar-refractivity contribution >= 4 is 17.8 Å². The number of hydrogen-bond acceptors (Lipinski definition) is 4. The number of carbonyl (C=O) groups excluding carboxylic acids is 3. The van der Waals surface area contributed by atoms with Gasteiger partial charge in [0.25, 0.3) is 11.8 Å². The molecule has 1 unspecified atom stereocenters. The van der Waals surface area contributed by atoms with Gasteiger partial charge in [0.15, 0.2) is 0 Å². The standard InChI is InChI=1S/C22H18N2O4/c1-15(14-16-8-3-2-4-9-16)23-13-7-12-19(23)22(27)28-24-20(25)17-10-5-6-11-18(17)21(24)26/h2-13,15H,14H2,1H3. The summed E-state index contributed by atoms with van der Waals surface area (Å²) in [7, 11) is 0. The molecule has 4 rings (SSSR count). The topological polar surface area (TPSA) is 68.6 Å². The summed E-state index contributed by atoms with van der Waals surface area (Å²) in [5.41, 5.74) is 1.88. The minimum atomic E-state index is -0.751. The molecule has 0 N–H and O–H groups in total. The van der Waals surface area contributed by atoms with Crippen LogP contribution in [0.1, 0.15) is 49.7 Å². The van der Waals surface area contributed by atoms with Crippen LogP contribution in [0.15, 0.2) is 72.9 Å². The molecule has 1 aliphatic rings. The number of fused-ring (bicyclic) bond motifs is 1. The van der Waals surface area contributed by atoms with Crippen molar-refractivity contribution in [3.8, 4) is 0 Å². The highest BCUT2D eigenvalue weighted by Crippen LogP contribution is 2.24. The Kier molecular flexibility index (Phi) is 4.53. The molecule has 0 fully saturated rings. The lowest BCUT2D eigenvalue weighted by Crippen LogP contribution is -2.33. The first kappa shape index (κ1) is 17.7. The zero-order chi connectivity index (χ0) is 19.7. The summed E-state index contributed by atoms with van der Waals surface area (Å²) >= 11 is 0. The smallest absolute Gasteiger partial charge is 0.339 e. The molecule has 140 valence electrons. The number of hydroxylamine groups is 2. The van der Waals surface area contributed by atoms with Crippen LogP contribution in [0.5, 0.6) is 0 Å². The van der Waals surface area contributed by atoms with Crippen molar-refractivity contribution in [2.24, 2.45) is 0 Å². The van der Waals surface area contributed by atoms with Crippen LogP contribution in [0.2, 0.25) is 0 Å². The van der Waals surface area contributed by atoms with Crippen molar-refractivity contribution in [2.75, 3.05) is 0 Å². The first-order valence-corrected chi connectivity index (χ1v) is 8.97. The van der Waals surface area contributed by atoms with E-state index in [1.807, 2.05) is 37.3 Å². The van der Waals surface area contributed by atoms with Crippen LogP contribution in [0.4, 0.5) is 0 Å². The third kappa shape index (κ3) is 3.09. The van der Waals surface area contributed by atoms with E-state index in [0.29, 0.717) is 5.06 Å². The number of benzene rings is 2. The fourth-order valence-electron chi connectivity index (χ4n) is 3.38. The molecule has 0 aliphatic carbocycles. The van der Waals surface area contributed by atoms with Gasteiger partial charge in [0.2, 0.25) is 0 Å². The molecule has 6 nitrogen and oxygen atoms in total. The Morgan fingerprint density at radius 3 is 2.14 bits per heavy atom. The van der Waals surface area contributed by atoms with Gasteiger partial charge in [0, 0.05) is 12.2 Å². The van der Waals surface area contributed by atoms with E-state index in [9.17, 15) is 14.4 Å². The van der Waals surface area contributed by atoms with E-state index >= 15 is 0 Å². The SMILES string of the molecule is CC(Cc1ccccc1)n1cccc1C(=O)ON1C(=O)c2ccccc2C1=O. The molecule has 1 aromatic heterocycles. The van der Waals surface area contributed by atoms with Crippen molar-refractivity contribution in [2.45, 2.75) is 19.4 Å². The summed E-state index contributed by atoms with van der Waals surface area (Å²) in [6, 6.07) is 19.7. The van der Waals surface area contributed by atoms with E-state index < -0.39 is 17.8 Å². The van der Waals surface area contributed by atoms with Crippen LogP contribution < -0.4 is 0 Å². The Morgan fingerprint density at radius 1 is 0.893 bits per heavy atom. The number of rotatable bonds is 5. The van der Waals surface area contributed by atoms with Gasteiger partial charge in [-0.2, -0.15) is 0 Å². The van der Waals surface area contributed by atoms with Crippen molar-refractivity contribution in [1.82, 2.24) is 9.63 Å². The van der Waals surface area contributed by atoms with Gasteiger partial charge in [0.1, 0.15) is 5.69 Å². The first-order valence-electron chi connectivity index (χ1n) is 8.97. The van der Waals surface area contributed by atoms with Crippen molar-refractivity contribution < 1.29 is 19.2 Å². The quantitative estimate of drug-likeness (QED) is 0.639. The molecule has 0 spiro atoms. The molecule has 1 atom stereocenters. The second kappa shape index (κ2) is 7.15. The van der Waals surface area contributed by atoms with Gasteiger partial charge >= 0.3 is 5.97 Å². The molecule has 0 bridgehead atoms. The maximum atomic E-state index is 12.7. The van der Waals surface area contributed by atoms with Gasteiger partial charge in [-0.3, -0.25) is 9.59 Å². The molecule has 1 aliphatic heterocycles. The van der Waals surface area contributed by atoms with Crippen LogP contribution in [0.3, 0.4) is 0 Å². The van der Waals surface area contributed by atoms with Crippen molar-refractivity contribution in [1.29, 1.82) is 0 Å². The van der Waals surface area contributed by atoms with Crippen molar-refractivity contribution in [3.63, 3.8) is 0 Å². The third-order valence-electron chi connectivity index (χ3n) is 4.77. The summed E-state index contributed by atoms with van der Waals surface area (Å²) < 4.78 is 1.79. The predicted octanol–water partition coefficient (Wildman–Crippen LogP) is 3.66. The molecular formula is C22H18N2O4. The maximum Gasteiger partial charge on any atom is 0.380 e. The third-order valence-corrected chi connectivity index (χ3v) is 4.77. The van der Waals surface area contributed by atoms with Crippen LogP contribution in [-0.4, -0.2) is 27.4 Å². The lowest BCUT2D eigenvalue weighted by Gasteiger charge is -2.18. The fraction of sp³-hybridized carbons (Fsp3) is 0.136. The average Bonchev–Trinajstić information content (AvgIpc) is 3.29. The van der Waals surface area contributed by atoms with Gasteiger partial charge in [-0.15, -0.1) is 0 Å². The van der Waals surface area contributed by atoms with E-state index in [1.165, 1.54) is 12.1 Å². The number of hydrogen-bond donors (Lipinski definition) is 0. The molecule has 0 saturated heterocycles. The van der Waals surface area contributed by atoms with Gasteiger partial charge in [-0.1, -0.05) is 47.5 Å². The molecule has 28 heavy (non-hydrogen) atoms. The summed E-state index contributed by atoms with van der Waals surface area (Å²) in [5.74, 6) is -2.02. The van der Waals surface area contributed by atoms with Gasteiger partial charge in [0.05, 0.1) is 11.1 Å². The summed E-state index contributed by atoms with van der Waals surface area (Å²) in [5, 5.41) is 0.534. The number of imide groups is 1. The fourth-order valence-corrected chi connectivity index (χ4v) is 3.38. The molecular weight excluding hydrogens is 356 g/mol. The summed E-state index contributed by atoms with van der Waals surface area (Å²) in [6.07, 6.45) is 2.51. The maximum absolute atomic E-state index is 12.7. The minimum Gasteiger partial charge on any atom is -0.339 e. The van der Waals surface area contributed by atoms with Gasteiger partial charge < -0.3 is 9.40 Å². The highest BCUT2D eigenvalue weighted by atomic mass is 16.7. The molecule has 3 aromatic rings. The summed E-state index contributed by atoms with van der Waals surface area (Å²) in [6.45, 7) is 1.99. The molecule has 0 radical (unpaired) electrons. The van der Waals surface area contributed by atoms with E-state index in [0.717, 1.165) is 12.0 Å². The summed E-state index contributed by atoms with van der Waals surface area (Å²) in [4.78, 5) is 42.7. The van der Waals surface area contributed by atoms with Crippen LogP contribution >= 0.6 is 0 Å². The second-order valence-electron chi connectivity index (χ2n) is 6.67. The Morgan fingerprint density at radius 2 is 1.50 bits per heavy atom. The van der Waals surface area contributed by atoms with E-state index in [2.05, 4.69) is 0 Å². The van der Waals surface area contributed by atoms with Crippen molar-refractivity contribution in [3.05, 3.63) is 95.3 Å². The monoisotopic (exact) mass is 374 g/mol. The minimum absolute atomic E-state index is 0.0119. The van der Waals surface area contributed by atoms with Crippen LogP contribution in [0.25, 0.3) is 0 Å². The van der Waals surface area contributed by atoms with E-state index in [1.54, 1.807) is 35.0 Å². The van der Waals surface area contributed by atoms with E-state index in [4.69, 9.17) is 4.84 Å². The first-order chi connectivity index (χ1) is 13.6. The number of aromatic nitrogens is 1.